The number of hydrogen-bond donors (Lipinski definition) is 1. The molecule has 28 heavy (non-hydrogen) atoms. The summed E-state index contributed by atoms with van der Waals surface area (Å²) in [5, 5.41) is 8.08. The molecule has 2 aromatic carbocycles. The van der Waals surface area contributed by atoms with E-state index < -0.39 is 0 Å². The van der Waals surface area contributed by atoms with E-state index >= 15 is 0 Å². The van der Waals surface area contributed by atoms with Gasteiger partial charge in [0, 0.05) is 16.2 Å². The van der Waals surface area contributed by atoms with E-state index in [9.17, 15) is 4.79 Å². The topological polar surface area (TPSA) is 81.4 Å². The molecule has 0 bridgehead atoms. The molecule has 140 valence electrons. The normalized spacial score (nSPS) is 10.8. The van der Waals surface area contributed by atoms with Crippen molar-refractivity contribution in [3.8, 4) is 5.75 Å². The van der Waals surface area contributed by atoms with Crippen LogP contribution in [0.15, 0.2) is 70.8 Å². The number of amides is 1. The number of hydrogen-bond acceptors (Lipinski definition) is 6. The van der Waals surface area contributed by atoms with E-state index in [1.165, 1.54) is 18.1 Å². The summed E-state index contributed by atoms with van der Waals surface area (Å²) in [4.78, 5) is 22.1. The zero-order valence-electron chi connectivity index (χ0n) is 15.3. The number of benzene rings is 2. The fourth-order valence-electron chi connectivity index (χ4n) is 2.68. The second-order valence-corrected chi connectivity index (χ2v) is 7.05. The lowest BCUT2D eigenvalue weighted by Gasteiger charge is -2.12. The fraction of sp³-hybridized carbons (Fsp3) is 0.100. The predicted molar refractivity (Wildman–Crippen MR) is 107 cm³/mol. The smallest absolute Gasteiger partial charge is 0.255 e. The van der Waals surface area contributed by atoms with Gasteiger partial charge in [0.1, 0.15) is 17.1 Å². The van der Waals surface area contributed by atoms with E-state index in [0.29, 0.717) is 17.1 Å². The number of ether oxygens (including phenoxy) is 1. The Morgan fingerprint density at radius 1 is 1.14 bits per heavy atom. The third-order valence-electron chi connectivity index (χ3n) is 4.05. The first-order valence-corrected chi connectivity index (χ1v) is 9.35. The van der Waals surface area contributed by atoms with Gasteiger partial charge in [-0.3, -0.25) is 4.79 Å². The van der Waals surface area contributed by atoms with Gasteiger partial charge in [0.25, 0.3) is 11.7 Å². The molecule has 0 saturated carbocycles. The number of aromatic nitrogens is 4. The van der Waals surface area contributed by atoms with Crippen LogP contribution in [0.1, 0.15) is 16.1 Å². The third kappa shape index (κ3) is 3.67. The number of para-hydroxylation sites is 1. The van der Waals surface area contributed by atoms with Crippen molar-refractivity contribution in [1.29, 1.82) is 0 Å². The Labute approximate surface area is 165 Å². The van der Waals surface area contributed by atoms with Crippen molar-refractivity contribution in [1.82, 2.24) is 19.6 Å². The summed E-state index contributed by atoms with van der Waals surface area (Å²) in [5.74, 6) is 1.06. The zero-order chi connectivity index (χ0) is 19.5. The molecule has 8 heteroatoms. The largest absolute Gasteiger partial charge is 0.497 e. The van der Waals surface area contributed by atoms with Crippen molar-refractivity contribution in [2.75, 3.05) is 12.4 Å². The molecule has 1 amide bonds. The van der Waals surface area contributed by atoms with Gasteiger partial charge in [-0.2, -0.15) is 14.6 Å². The molecule has 0 saturated heterocycles. The maximum atomic E-state index is 12.6. The number of carbonyl (C=O) groups is 1. The van der Waals surface area contributed by atoms with Crippen molar-refractivity contribution in [2.24, 2.45) is 0 Å². The van der Waals surface area contributed by atoms with Crippen molar-refractivity contribution in [2.45, 2.75) is 16.8 Å². The number of nitrogens with one attached hydrogen (secondary N) is 1. The summed E-state index contributed by atoms with van der Waals surface area (Å²) in [6.07, 6.45) is 1.48. The van der Waals surface area contributed by atoms with Gasteiger partial charge in [-0.15, -0.1) is 0 Å². The molecule has 0 spiro atoms. The number of carbonyl (C=O) groups excluding carboxylic acids is 1. The minimum Gasteiger partial charge on any atom is -0.497 e. The molecule has 4 rings (SSSR count). The summed E-state index contributed by atoms with van der Waals surface area (Å²) in [6.45, 7) is 1.91. The maximum Gasteiger partial charge on any atom is 0.255 e. The molecule has 0 unspecified atom stereocenters. The molecule has 2 aromatic heterocycles. The molecular formula is C20H17N5O2S. The molecule has 1 N–H and O–H groups in total. The first-order valence-electron chi connectivity index (χ1n) is 8.54. The summed E-state index contributed by atoms with van der Waals surface area (Å²) in [5.41, 5.74) is 2.12. The van der Waals surface area contributed by atoms with E-state index in [1.807, 2.05) is 37.3 Å². The Hall–Kier alpha value is -3.39. The standard InChI is InChI=1S/C20H17N5O2S/c1-13-11-18(25-20(23-13)21-12-22-25)28-17-6-4-3-5-16(17)24-19(26)14-7-9-15(27-2)10-8-14/h3-12H,1-2H3,(H,24,26). The minimum atomic E-state index is -0.187. The van der Waals surface area contributed by atoms with Crippen LogP contribution in [0, 0.1) is 6.92 Å². The van der Waals surface area contributed by atoms with E-state index in [0.717, 1.165) is 21.3 Å². The van der Waals surface area contributed by atoms with Gasteiger partial charge in [-0.05, 0) is 49.4 Å². The molecule has 0 aliphatic heterocycles. The lowest BCUT2D eigenvalue weighted by atomic mass is 10.2. The highest BCUT2D eigenvalue weighted by Crippen LogP contribution is 2.33. The van der Waals surface area contributed by atoms with Crippen LogP contribution in [0.4, 0.5) is 5.69 Å². The van der Waals surface area contributed by atoms with Gasteiger partial charge in [-0.25, -0.2) is 4.98 Å². The zero-order valence-corrected chi connectivity index (χ0v) is 16.1. The highest BCUT2D eigenvalue weighted by Gasteiger charge is 2.13. The maximum absolute atomic E-state index is 12.6. The highest BCUT2D eigenvalue weighted by molar-refractivity contribution is 7.99. The SMILES string of the molecule is COc1ccc(C(=O)Nc2ccccc2Sc2cc(C)nc3ncnn23)cc1. The average Bonchev–Trinajstić information content (AvgIpc) is 3.18. The van der Waals surface area contributed by atoms with E-state index in [1.54, 1.807) is 35.9 Å². The molecule has 0 aliphatic carbocycles. The van der Waals surface area contributed by atoms with Crippen molar-refractivity contribution in [3.05, 3.63) is 72.2 Å². The van der Waals surface area contributed by atoms with Gasteiger partial charge in [0.2, 0.25) is 0 Å². The third-order valence-corrected chi connectivity index (χ3v) is 5.13. The number of nitrogens with zero attached hydrogens (tertiary/aromatic N) is 4. The Morgan fingerprint density at radius 3 is 2.71 bits per heavy atom. The number of aryl methyl sites for hydroxylation is 1. The van der Waals surface area contributed by atoms with Gasteiger partial charge in [0.15, 0.2) is 0 Å². The number of fused-ring (bicyclic) bond motifs is 1. The molecule has 4 aromatic rings. The van der Waals surface area contributed by atoms with Gasteiger partial charge in [-0.1, -0.05) is 23.9 Å². The van der Waals surface area contributed by atoms with Crippen LogP contribution in [-0.4, -0.2) is 32.6 Å². The molecule has 0 aliphatic rings. The molecule has 2 heterocycles. The minimum absolute atomic E-state index is 0.187. The molecule has 0 fully saturated rings. The number of methoxy groups -OCH3 is 1. The van der Waals surface area contributed by atoms with E-state index in [-0.39, 0.29) is 5.91 Å². The Kier molecular flexibility index (Phi) is 4.94. The lowest BCUT2D eigenvalue weighted by Crippen LogP contribution is -2.12. The van der Waals surface area contributed by atoms with Crippen LogP contribution in [0.3, 0.4) is 0 Å². The van der Waals surface area contributed by atoms with Crippen LogP contribution in [0.5, 0.6) is 5.75 Å². The van der Waals surface area contributed by atoms with Crippen molar-refractivity contribution < 1.29 is 9.53 Å². The van der Waals surface area contributed by atoms with Crippen LogP contribution in [0.25, 0.3) is 5.78 Å². The summed E-state index contributed by atoms with van der Waals surface area (Å²) < 4.78 is 6.82. The Bertz CT molecular complexity index is 1140. The summed E-state index contributed by atoms with van der Waals surface area (Å²) >= 11 is 1.49. The molecule has 7 nitrogen and oxygen atoms in total. The van der Waals surface area contributed by atoms with E-state index in [2.05, 4.69) is 20.4 Å². The average molecular weight is 391 g/mol. The fourth-order valence-corrected chi connectivity index (χ4v) is 3.72. The second kappa shape index (κ2) is 7.69. The quantitative estimate of drug-likeness (QED) is 0.521. The second-order valence-electron chi connectivity index (χ2n) is 5.99. The van der Waals surface area contributed by atoms with Crippen LogP contribution in [-0.2, 0) is 0 Å². The Balaban J connectivity index is 1.61. The molecule has 0 atom stereocenters. The molecular weight excluding hydrogens is 374 g/mol. The summed E-state index contributed by atoms with van der Waals surface area (Å²) in [7, 11) is 1.59. The highest BCUT2D eigenvalue weighted by atomic mass is 32.2. The predicted octanol–water partition coefficient (Wildman–Crippen LogP) is 3.84. The van der Waals surface area contributed by atoms with Crippen molar-refractivity contribution >= 4 is 29.1 Å². The molecule has 0 radical (unpaired) electrons. The number of rotatable bonds is 5. The number of anilines is 1. The van der Waals surface area contributed by atoms with Crippen LogP contribution in [0.2, 0.25) is 0 Å². The van der Waals surface area contributed by atoms with Gasteiger partial charge in [0.05, 0.1) is 12.8 Å². The van der Waals surface area contributed by atoms with Crippen LogP contribution < -0.4 is 10.1 Å². The van der Waals surface area contributed by atoms with Crippen LogP contribution >= 0.6 is 11.8 Å². The van der Waals surface area contributed by atoms with Gasteiger partial charge >= 0.3 is 0 Å². The Morgan fingerprint density at radius 2 is 1.93 bits per heavy atom. The monoisotopic (exact) mass is 391 g/mol. The van der Waals surface area contributed by atoms with E-state index in [4.69, 9.17) is 4.74 Å². The first-order chi connectivity index (χ1) is 13.6. The van der Waals surface area contributed by atoms with Crippen molar-refractivity contribution in [3.63, 3.8) is 0 Å². The van der Waals surface area contributed by atoms with Gasteiger partial charge < -0.3 is 10.1 Å². The first kappa shape index (κ1) is 18.0. The summed E-state index contributed by atoms with van der Waals surface area (Å²) in [6, 6.07) is 16.6. The lowest BCUT2D eigenvalue weighted by molar-refractivity contribution is 0.102.